The number of rotatable bonds is 3. The van der Waals surface area contributed by atoms with Crippen molar-refractivity contribution in [3.05, 3.63) is 0 Å². The zero-order chi connectivity index (χ0) is 10.3. The van der Waals surface area contributed by atoms with Gasteiger partial charge in [0.15, 0.2) is 18.2 Å². The van der Waals surface area contributed by atoms with Gasteiger partial charge in [0.1, 0.15) is 12.2 Å². The van der Waals surface area contributed by atoms with Gasteiger partial charge in [0.25, 0.3) is 0 Å². The van der Waals surface area contributed by atoms with Gasteiger partial charge < -0.3 is 14.2 Å². The SMILES string of the molecule is CCOC1OC(C(C)C)C(=O)C2OC12. The topological polar surface area (TPSA) is 48.1 Å². The van der Waals surface area contributed by atoms with E-state index in [2.05, 4.69) is 0 Å². The van der Waals surface area contributed by atoms with E-state index < -0.39 is 0 Å². The zero-order valence-corrected chi connectivity index (χ0v) is 8.73. The number of fused-ring (bicyclic) bond motifs is 1. The minimum Gasteiger partial charge on any atom is -0.356 e. The van der Waals surface area contributed by atoms with E-state index in [-0.39, 0.29) is 36.3 Å². The molecular weight excluding hydrogens is 184 g/mol. The molecular formula is C10H16O4. The van der Waals surface area contributed by atoms with Crippen LogP contribution in [0.3, 0.4) is 0 Å². The normalized spacial score (nSPS) is 41.3. The Labute approximate surface area is 83.5 Å². The summed E-state index contributed by atoms with van der Waals surface area (Å²) in [4.78, 5) is 11.7. The molecule has 4 nitrogen and oxygen atoms in total. The van der Waals surface area contributed by atoms with Crippen LogP contribution in [0.1, 0.15) is 20.8 Å². The molecule has 80 valence electrons. The van der Waals surface area contributed by atoms with E-state index in [1.807, 2.05) is 20.8 Å². The molecule has 0 bridgehead atoms. The first-order valence-electron chi connectivity index (χ1n) is 5.11. The number of ether oxygens (including phenoxy) is 3. The van der Waals surface area contributed by atoms with E-state index in [9.17, 15) is 4.79 Å². The Balaban J connectivity index is 2.03. The van der Waals surface area contributed by atoms with Crippen LogP contribution in [0, 0.1) is 5.92 Å². The highest BCUT2D eigenvalue weighted by Gasteiger charge is 2.58. The average molecular weight is 200 g/mol. The largest absolute Gasteiger partial charge is 0.356 e. The van der Waals surface area contributed by atoms with E-state index in [0.29, 0.717) is 6.61 Å². The zero-order valence-electron chi connectivity index (χ0n) is 8.73. The maximum atomic E-state index is 11.7. The standard InChI is InChI=1S/C10H16O4/c1-4-12-10-9-8(13-9)6(11)7(14-10)5(2)3/h5,7-10H,4H2,1-3H3. The molecule has 2 rings (SSSR count). The summed E-state index contributed by atoms with van der Waals surface area (Å²) in [6, 6.07) is 0. The van der Waals surface area contributed by atoms with Gasteiger partial charge in [0.05, 0.1) is 0 Å². The van der Waals surface area contributed by atoms with Crippen LogP contribution in [0.4, 0.5) is 0 Å². The van der Waals surface area contributed by atoms with Gasteiger partial charge in [0.2, 0.25) is 0 Å². The van der Waals surface area contributed by atoms with Crippen LogP contribution in [-0.2, 0) is 19.0 Å². The average Bonchev–Trinajstić information content (AvgIpc) is 2.89. The highest BCUT2D eigenvalue weighted by atomic mass is 16.7. The van der Waals surface area contributed by atoms with Crippen LogP contribution in [0.5, 0.6) is 0 Å². The van der Waals surface area contributed by atoms with Gasteiger partial charge >= 0.3 is 0 Å². The van der Waals surface area contributed by atoms with Crippen molar-refractivity contribution in [2.45, 2.75) is 45.4 Å². The lowest BCUT2D eigenvalue weighted by Crippen LogP contribution is -2.45. The van der Waals surface area contributed by atoms with Crippen LogP contribution in [-0.4, -0.2) is 37.0 Å². The summed E-state index contributed by atoms with van der Waals surface area (Å²) in [5, 5.41) is 0. The molecule has 0 spiro atoms. The molecule has 2 heterocycles. The smallest absolute Gasteiger partial charge is 0.193 e. The summed E-state index contributed by atoms with van der Waals surface area (Å²) in [5.41, 5.74) is 0. The summed E-state index contributed by atoms with van der Waals surface area (Å²) in [5.74, 6) is 0.247. The molecule has 0 aromatic rings. The molecule has 0 radical (unpaired) electrons. The van der Waals surface area contributed by atoms with Crippen molar-refractivity contribution >= 4 is 5.78 Å². The van der Waals surface area contributed by atoms with Crippen LogP contribution in [0.2, 0.25) is 0 Å². The maximum absolute atomic E-state index is 11.7. The third-order valence-electron chi connectivity index (χ3n) is 2.57. The van der Waals surface area contributed by atoms with E-state index in [1.54, 1.807) is 0 Å². The molecule has 0 saturated carbocycles. The molecule has 0 aliphatic carbocycles. The van der Waals surface area contributed by atoms with Crippen LogP contribution in [0.15, 0.2) is 0 Å². The Morgan fingerprint density at radius 3 is 2.71 bits per heavy atom. The van der Waals surface area contributed by atoms with Gasteiger partial charge in [-0.3, -0.25) is 4.79 Å². The Morgan fingerprint density at radius 2 is 2.14 bits per heavy atom. The van der Waals surface area contributed by atoms with Gasteiger partial charge in [-0.1, -0.05) is 13.8 Å². The van der Waals surface area contributed by atoms with E-state index >= 15 is 0 Å². The molecule has 0 amide bonds. The van der Waals surface area contributed by atoms with E-state index in [4.69, 9.17) is 14.2 Å². The molecule has 4 heteroatoms. The first-order chi connectivity index (χ1) is 6.65. The monoisotopic (exact) mass is 200 g/mol. The second kappa shape index (κ2) is 3.61. The lowest BCUT2D eigenvalue weighted by atomic mass is 9.97. The fourth-order valence-electron chi connectivity index (χ4n) is 1.79. The van der Waals surface area contributed by atoms with E-state index in [0.717, 1.165) is 0 Å². The minimum atomic E-state index is -0.365. The number of hydrogen-bond acceptors (Lipinski definition) is 4. The fourth-order valence-corrected chi connectivity index (χ4v) is 1.79. The predicted octanol–water partition coefficient (Wildman–Crippen LogP) is 0.740. The third kappa shape index (κ3) is 1.58. The number of carbonyl (C=O) groups is 1. The molecule has 2 saturated heterocycles. The van der Waals surface area contributed by atoms with Crippen molar-refractivity contribution in [1.82, 2.24) is 0 Å². The first-order valence-corrected chi connectivity index (χ1v) is 5.11. The maximum Gasteiger partial charge on any atom is 0.193 e. The summed E-state index contributed by atoms with van der Waals surface area (Å²) in [6.07, 6.45) is -1.14. The molecule has 14 heavy (non-hydrogen) atoms. The molecule has 0 aromatic carbocycles. The van der Waals surface area contributed by atoms with Crippen molar-refractivity contribution in [2.75, 3.05) is 6.61 Å². The molecule has 4 atom stereocenters. The number of Topliss-reactive ketones (excluding diaryl/α,β-unsaturated/α-hetero) is 1. The predicted molar refractivity (Wildman–Crippen MR) is 48.8 cm³/mol. The van der Waals surface area contributed by atoms with Crippen molar-refractivity contribution in [1.29, 1.82) is 0 Å². The number of ketones is 1. The van der Waals surface area contributed by atoms with Gasteiger partial charge in [-0.15, -0.1) is 0 Å². The van der Waals surface area contributed by atoms with Crippen molar-refractivity contribution in [3.63, 3.8) is 0 Å². The Hall–Kier alpha value is -0.450. The summed E-state index contributed by atoms with van der Waals surface area (Å²) in [6.45, 7) is 6.42. The lowest BCUT2D eigenvalue weighted by molar-refractivity contribution is -0.196. The van der Waals surface area contributed by atoms with Gasteiger partial charge in [-0.2, -0.15) is 0 Å². The Bertz CT molecular complexity index is 238. The summed E-state index contributed by atoms with van der Waals surface area (Å²) < 4.78 is 16.2. The first kappa shape index (κ1) is 10.1. The second-order valence-electron chi connectivity index (χ2n) is 4.05. The molecule has 2 aliphatic rings. The van der Waals surface area contributed by atoms with Crippen molar-refractivity contribution in [3.8, 4) is 0 Å². The molecule has 2 fully saturated rings. The van der Waals surface area contributed by atoms with Crippen LogP contribution in [0.25, 0.3) is 0 Å². The van der Waals surface area contributed by atoms with Crippen molar-refractivity contribution < 1.29 is 19.0 Å². The summed E-state index contributed by atoms with van der Waals surface area (Å²) >= 11 is 0. The molecule has 0 N–H and O–H groups in total. The highest BCUT2D eigenvalue weighted by Crippen LogP contribution is 2.37. The Morgan fingerprint density at radius 1 is 1.43 bits per heavy atom. The second-order valence-corrected chi connectivity index (χ2v) is 4.05. The fraction of sp³-hybridized carbons (Fsp3) is 0.900. The van der Waals surface area contributed by atoms with Gasteiger partial charge in [-0.25, -0.2) is 0 Å². The molecule has 2 aliphatic heterocycles. The number of carbonyl (C=O) groups excluding carboxylic acids is 1. The van der Waals surface area contributed by atoms with Gasteiger partial charge in [0, 0.05) is 6.61 Å². The molecule has 4 unspecified atom stereocenters. The summed E-state index contributed by atoms with van der Waals surface area (Å²) in [7, 11) is 0. The van der Waals surface area contributed by atoms with Crippen LogP contribution < -0.4 is 0 Å². The molecule has 0 aromatic heterocycles. The van der Waals surface area contributed by atoms with Crippen LogP contribution >= 0.6 is 0 Å². The van der Waals surface area contributed by atoms with Crippen molar-refractivity contribution in [2.24, 2.45) is 5.92 Å². The third-order valence-corrected chi connectivity index (χ3v) is 2.57. The lowest BCUT2D eigenvalue weighted by Gasteiger charge is -2.28. The minimum absolute atomic E-state index is 0.0703. The van der Waals surface area contributed by atoms with E-state index in [1.165, 1.54) is 0 Å². The Kier molecular flexibility index (Phi) is 2.60. The number of epoxide rings is 1. The number of hydrogen-bond donors (Lipinski definition) is 0. The highest BCUT2D eigenvalue weighted by molar-refractivity contribution is 5.91. The quantitative estimate of drug-likeness (QED) is 0.630. The van der Waals surface area contributed by atoms with Gasteiger partial charge in [-0.05, 0) is 12.8 Å².